The fourth-order valence-corrected chi connectivity index (χ4v) is 4.00. The van der Waals surface area contributed by atoms with Crippen LogP contribution in [0, 0.1) is 0 Å². The number of guanidine groups is 1. The molecule has 1 aliphatic carbocycles. The van der Waals surface area contributed by atoms with Gasteiger partial charge in [-0.1, -0.05) is 48.5 Å². The molecule has 0 saturated carbocycles. The second-order valence-corrected chi connectivity index (χ2v) is 7.91. The third-order valence-corrected chi connectivity index (χ3v) is 5.57. The van der Waals surface area contributed by atoms with Crippen molar-refractivity contribution in [2.75, 3.05) is 27.2 Å². The van der Waals surface area contributed by atoms with Crippen LogP contribution in [0.4, 0.5) is 4.79 Å². The second-order valence-electron chi connectivity index (χ2n) is 7.91. The van der Waals surface area contributed by atoms with Crippen LogP contribution in [0.5, 0.6) is 0 Å². The summed E-state index contributed by atoms with van der Waals surface area (Å²) in [6.07, 6.45) is 2.32. The van der Waals surface area contributed by atoms with Gasteiger partial charge in [0.15, 0.2) is 5.96 Å². The fraction of sp³-hybridized carbons (Fsp3) is 0.360. The third kappa shape index (κ3) is 6.57. The molecule has 0 saturated heterocycles. The molecule has 2 aromatic carbocycles. The van der Waals surface area contributed by atoms with Gasteiger partial charge in [-0.25, -0.2) is 10.2 Å². The quantitative estimate of drug-likeness (QED) is 0.197. The van der Waals surface area contributed by atoms with E-state index < -0.39 is 12.1 Å². The number of amides is 2. The molecule has 1 unspecified atom stereocenters. The summed E-state index contributed by atoms with van der Waals surface area (Å²) in [6.45, 7) is 2.26. The van der Waals surface area contributed by atoms with Crippen LogP contribution in [0.15, 0.2) is 58.6 Å². The Morgan fingerprint density at radius 3 is 2.32 bits per heavy atom. The predicted molar refractivity (Wildman–Crippen MR) is 134 cm³/mol. The molecule has 180 valence electrons. The number of fused-ring (bicyclic) bond motifs is 3. The number of nitrogens with one attached hydrogen (secondary N) is 4. The lowest BCUT2D eigenvalue weighted by atomic mass is 9.98. The highest BCUT2D eigenvalue weighted by atomic mass is 16.5. The van der Waals surface area contributed by atoms with Gasteiger partial charge in [-0.3, -0.25) is 9.79 Å². The predicted octanol–water partition coefficient (Wildman–Crippen LogP) is 2.59. The van der Waals surface area contributed by atoms with Crippen molar-refractivity contribution in [3.8, 4) is 11.1 Å². The van der Waals surface area contributed by atoms with Gasteiger partial charge in [0.05, 0.1) is 6.04 Å². The molecular weight excluding hydrogens is 432 g/mol. The molecule has 0 fully saturated rings. The molecule has 2 aromatic rings. The molecule has 0 heterocycles. The summed E-state index contributed by atoms with van der Waals surface area (Å²) in [5, 5.41) is 12.9. The van der Waals surface area contributed by atoms with Gasteiger partial charge in [-0.05, 0) is 35.1 Å². The molecule has 9 nitrogen and oxygen atoms in total. The molecule has 0 aromatic heterocycles. The topological polar surface area (TPSA) is 116 Å². The number of hydrazone groups is 1. The van der Waals surface area contributed by atoms with Gasteiger partial charge in [0.2, 0.25) is 5.91 Å². The Bertz CT molecular complexity index is 1010. The highest BCUT2D eigenvalue weighted by molar-refractivity contribution is 5.80. The number of hydrogen-bond donors (Lipinski definition) is 4. The zero-order valence-corrected chi connectivity index (χ0v) is 19.8. The molecule has 1 atom stereocenters. The Balaban J connectivity index is 1.58. The number of benzene rings is 2. The van der Waals surface area contributed by atoms with Gasteiger partial charge in [0, 0.05) is 39.7 Å². The summed E-state index contributed by atoms with van der Waals surface area (Å²) < 4.78 is 5.63. The SMILES string of the molecule is CN=C(NC)NCCCC(/C=N/NC(C)=O)NC(=O)OCC1c2ccccc2-c2ccccc21. The van der Waals surface area contributed by atoms with Gasteiger partial charge in [-0.15, -0.1) is 0 Å². The summed E-state index contributed by atoms with van der Waals surface area (Å²) in [6, 6.07) is 16.0. The molecule has 9 heteroatoms. The van der Waals surface area contributed by atoms with Crippen LogP contribution in [0.1, 0.15) is 36.8 Å². The number of carbonyl (C=O) groups is 2. The van der Waals surface area contributed by atoms with Crippen LogP contribution in [0.3, 0.4) is 0 Å². The van der Waals surface area contributed by atoms with Gasteiger partial charge in [0.1, 0.15) is 6.61 Å². The van der Waals surface area contributed by atoms with Crippen LogP contribution in [-0.2, 0) is 9.53 Å². The van der Waals surface area contributed by atoms with Crippen molar-refractivity contribution in [1.29, 1.82) is 0 Å². The first-order valence-electron chi connectivity index (χ1n) is 11.3. The molecule has 0 aliphatic heterocycles. The lowest BCUT2D eigenvalue weighted by Gasteiger charge is -2.18. The number of nitrogens with zero attached hydrogens (tertiary/aromatic N) is 2. The molecule has 1 aliphatic rings. The van der Waals surface area contributed by atoms with E-state index >= 15 is 0 Å². The van der Waals surface area contributed by atoms with Crippen molar-refractivity contribution < 1.29 is 14.3 Å². The average Bonchev–Trinajstić information content (AvgIpc) is 3.16. The highest BCUT2D eigenvalue weighted by Gasteiger charge is 2.29. The maximum absolute atomic E-state index is 12.6. The largest absolute Gasteiger partial charge is 0.449 e. The Morgan fingerprint density at radius 1 is 1.09 bits per heavy atom. The monoisotopic (exact) mass is 464 g/mol. The van der Waals surface area contributed by atoms with E-state index in [9.17, 15) is 9.59 Å². The lowest BCUT2D eigenvalue weighted by molar-refractivity contribution is -0.118. The average molecular weight is 465 g/mol. The minimum atomic E-state index is -0.528. The normalized spacial score (nSPS) is 13.7. The van der Waals surface area contributed by atoms with E-state index in [1.54, 1.807) is 14.1 Å². The lowest BCUT2D eigenvalue weighted by Crippen LogP contribution is -2.39. The summed E-state index contributed by atoms with van der Waals surface area (Å²) >= 11 is 0. The van der Waals surface area contributed by atoms with Gasteiger partial charge >= 0.3 is 6.09 Å². The van der Waals surface area contributed by atoms with Crippen LogP contribution >= 0.6 is 0 Å². The van der Waals surface area contributed by atoms with Crippen molar-refractivity contribution in [1.82, 2.24) is 21.4 Å². The number of hydrogen-bond acceptors (Lipinski definition) is 5. The molecular formula is C25H32N6O3. The fourth-order valence-electron chi connectivity index (χ4n) is 4.00. The standard InChI is InChI=1S/C25H32N6O3/c1-17(32)31-29-15-18(9-8-14-28-24(26-2)27-3)30-25(33)34-16-23-21-12-6-4-10-19(21)20-11-5-7-13-22(20)23/h4-7,10-13,15,18,23H,8-9,14,16H2,1-3H3,(H,30,33)(H,31,32)(H2,26,27,28)/b29-15+. The molecule has 2 amide bonds. The van der Waals surface area contributed by atoms with E-state index in [0.29, 0.717) is 18.9 Å². The van der Waals surface area contributed by atoms with Gasteiger partial charge < -0.3 is 20.7 Å². The van der Waals surface area contributed by atoms with Crippen LogP contribution in [0.2, 0.25) is 0 Å². The number of ether oxygens (including phenoxy) is 1. The minimum Gasteiger partial charge on any atom is -0.449 e. The molecule has 0 spiro atoms. The van der Waals surface area contributed by atoms with Crippen LogP contribution in [0.25, 0.3) is 11.1 Å². The van der Waals surface area contributed by atoms with E-state index in [1.807, 2.05) is 24.3 Å². The van der Waals surface area contributed by atoms with E-state index in [-0.39, 0.29) is 18.4 Å². The molecule has 3 rings (SSSR count). The first kappa shape index (κ1) is 24.8. The molecule has 34 heavy (non-hydrogen) atoms. The van der Waals surface area contributed by atoms with E-state index in [0.717, 1.165) is 17.5 Å². The van der Waals surface area contributed by atoms with Crippen molar-refractivity contribution in [3.05, 3.63) is 59.7 Å². The first-order valence-corrected chi connectivity index (χ1v) is 11.3. The van der Waals surface area contributed by atoms with Crippen molar-refractivity contribution >= 4 is 24.2 Å². The van der Waals surface area contributed by atoms with Crippen molar-refractivity contribution in [2.45, 2.75) is 31.7 Å². The Kier molecular flexibility index (Phi) is 9.02. The Morgan fingerprint density at radius 2 is 1.74 bits per heavy atom. The number of alkyl carbamates (subject to hydrolysis) is 1. The third-order valence-electron chi connectivity index (χ3n) is 5.57. The molecule has 4 N–H and O–H groups in total. The summed E-state index contributed by atoms with van der Waals surface area (Å²) in [5.41, 5.74) is 7.04. The maximum Gasteiger partial charge on any atom is 0.407 e. The molecule has 0 radical (unpaired) electrons. The number of aliphatic imine (C=N–C) groups is 1. The van der Waals surface area contributed by atoms with Gasteiger partial charge in [-0.2, -0.15) is 5.10 Å². The molecule has 0 bridgehead atoms. The van der Waals surface area contributed by atoms with Crippen LogP contribution < -0.4 is 21.4 Å². The van der Waals surface area contributed by atoms with Crippen molar-refractivity contribution in [3.63, 3.8) is 0 Å². The van der Waals surface area contributed by atoms with E-state index in [2.05, 4.69) is 55.7 Å². The maximum atomic E-state index is 12.6. The van der Waals surface area contributed by atoms with E-state index in [1.165, 1.54) is 24.3 Å². The van der Waals surface area contributed by atoms with Gasteiger partial charge in [0.25, 0.3) is 0 Å². The van der Waals surface area contributed by atoms with Crippen molar-refractivity contribution in [2.24, 2.45) is 10.1 Å². The number of carbonyl (C=O) groups excluding carboxylic acids is 2. The second kappa shape index (κ2) is 12.4. The zero-order valence-electron chi connectivity index (χ0n) is 19.8. The Labute approximate surface area is 200 Å². The smallest absolute Gasteiger partial charge is 0.407 e. The summed E-state index contributed by atoms with van der Waals surface area (Å²) in [7, 11) is 3.48. The highest BCUT2D eigenvalue weighted by Crippen LogP contribution is 2.44. The number of rotatable bonds is 9. The Hall–Kier alpha value is -3.88. The minimum absolute atomic E-state index is 0.0119. The van der Waals surface area contributed by atoms with E-state index in [4.69, 9.17) is 4.74 Å². The summed E-state index contributed by atoms with van der Waals surface area (Å²) in [4.78, 5) is 27.8. The summed E-state index contributed by atoms with van der Waals surface area (Å²) in [5.74, 6) is 0.394. The zero-order chi connectivity index (χ0) is 24.3. The first-order chi connectivity index (χ1) is 16.5. The van der Waals surface area contributed by atoms with Crippen LogP contribution in [-0.4, -0.2) is 57.5 Å².